The molecule has 0 unspecified atom stereocenters. The summed E-state index contributed by atoms with van der Waals surface area (Å²) < 4.78 is 43.3. The van der Waals surface area contributed by atoms with Gasteiger partial charge in [-0.1, -0.05) is 41.9 Å². The van der Waals surface area contributed by atoms with E-state index in [2.05, 4.69) is 10.3 Å². The Bertz CT molecular complexity index is 2120. The fourth-order valence-corrected chi connectivity index (χ4v) is 6.08. The number of benzene rings is 2. The van der Waals surface area contributed by atoms with Gasteiger partial charge in [0, 0.05) is 34.7 Å². The van der Waals surface area contributed by atoms with Crippen LogP contribution in [0, 0.1) is 11.6 Å². The molecule has 0 spiro atoms. The van der Waals surface area contributed by atoms with Crippen LogP contribution < -0.4 is 20.5 Å². The molecule has 2 saturated carbocycles. The van der Waals surface area contributed by atoms with Crippen molar-refractivity contribution in [3.63, 3.8) is 0 Å². The van der Waals surface area contributed by atoms with Gasteiger partial charge in [-0.05, 0) is 62.4 Å². The smallest absolute Gasteiger partial charge is 0.251 e. The highest BCUT2D eigenvalue weighted by Gasteiger charge is 2.37. The summed E-state index contributed by atoms with van der Waals surface area (Å²) in [4.78, 5) is 30.7. The van der Waals surface area contributed by atoms with Crippen molar-refractivity contribution in [2.45, 2.75) is 56.7 Å². The van der Waals surface area contributed by atoms with E-state index in [1.165, 1.54) is 6.07 Å². The van der Waals surface area contributed by atoms with Crippen molar-refractivity contribution in [3.8, 4) is 22.9 Å². The number of carbonyl (C=O) groups is 2. The number of aromatic nitrogens is 3. The maximum Gasteiger partial charge on any atom is 0.251 e. The van der Waals surface area contributed by atoms with Crippen molar-refractivity contribution < 1.29 is 33.0 Å². The second kappa shape index (κ2) is 13.3. The molecule has 258 valence electrons. The van der Waals surface area contributed by atoms with E-state index in [0.29, 0.717) is 34.5 Å². The molecule has 2 fully saturated rings. The van der Waals surface area contributed by atoms with Crippen LogP contribution in [-0.4, -0.2) is 50.8 Å². The molecule has 7 rings (SSSR count). The Morgan fingerprint density at radius 1 is 1.06 bits per heavy atom. The lowest BCUT2D eigenvalue weighted by Gasteiger charge is -2.30. The van der Waals surface area contributed by atoms with E-state index in [1.54, 1.807) is 53.9 Å². The van der Waals surface area contributed by atoms with E-state index >= 15 is 4.39 Å². The Hall–Kier alpha value is -5.07. The van der Waals surface area contributed by atoms with Gasteiger partial charge in [0.15, 0.2) is 0 Å². The number of nitrogens with two attached hydrogens (primary N) is 1. The number of amides is 2. The minimum atomic E-state index is -2.03. The molecule has 0 saturated heterocycles. The number of aliphatic hydroxyl groups is 1. The first-order valence-corrected chi connectivity index (χ1v) is 16.8. The Labute approximate surface area is 291 Å². The van der Waals surface area contributed by atoms with E-state index in [4.69, 9.17) is 31.9 Å². The zero-order chi connectivity index (χ0) is 35.2. The van der Waals surface area contributed by atoms with Crippen molar-refractivity contribution in [1.82, 2.24) is 19.9 Å². The number of hydrogen-bond donors (Lipinski definition) is 3. The second-order valence-electron chi connectivity index (χ2n) is 12.7. The molecular weight excluding hydrogens is 668 g/mol. The lowest BCUT2D eigenvalue weighted by molar-refractivity contribution is -0.117. The summed E-state index contributed by atoms with van der Waals surface area (Å²) in [7, 11) is 0. The van der Waals surface area contributed by atoms with Crippen LogP contribution in [0.5, 0.6) is 11.6 Å². The standard InChI is InChI=1S/C37H34ClF2N5O5/c1-2-49-35-21(14-32(41)46)13-31(43-34(35)26-17-27(38)29(40)18-28(26)39)37(48,23-6-4-3-5-7-23)19-42-36(47)22-12-24-16-30(20-8-9-20)44-45(24)33(15-22)50-25-10-11-25/h3-7,12-13,15-18,20,25,48H,2,8-11,14,19H2,1H3,(H2,41,46)(H,42,47)/t37-/m1/s1. The number of primary amides is 1. The minimum Gasteiger partial charge on any atom is -0.491 e. The van der Waals surface area contributed by atoms with Crippen LogP contribution in [0.1, 0.15) is 71.4 Å². The van der Waals surface area contributed by atoms with Gasteiger partial charge in [0.2, 0.25) is 11.8 Å². The molecule has 3 aromatic heterocycles. The number of hydrogen-bond acceptors (Lipinski definition) is 7. The number of pyridine rings is 2. The predicted molar refractivity (Wildman–Crippen MR) is 181 cm³/mol. The molecule has 13 heteroatoms. The molecule has 2 aromatic carbocycles. The van der Waals surface area contributed by atoms with Crippen molar-refractivity contribution in [2.75, 3.05) is 13.2 Å². The lowest BCUT2D eigenvalue weighted by atomic mass is 9.87. The van der Waals surface area contributed by atoms with Crippen LogP contribution in [0.2, 0.25) is 5.02 Å². The van der Waals surface area contributed by atoms with E-state index in [9.17, 15) is 19.1 Å². The van der Waals surface area contributed by atoms with Crippen molar-refractivity contribution in [3.05, 3.63) is 111 Å². The van der Waals surface area contributed by atoms with Gasteiger partial charge in [0.25, 0.3) is 5.91 Å². The van der Waals surface area contributed by atoms with Gasteiger partial charge in [0.05, 0.1) is 41.5 Å². The molecule has 50 heavy (non-hydrogen) atoms. The summed E-state index contributed by atoms with van der Waals surface area (Å²) in [5.41, 5.74) is 5.63. The first-order chi connectivity index (χ1) is 24.0. The average molecular weight is 702 g/mol. The Kier molecular flexibility index (Phi) is 8.91. The molecular formula is C37H34ClF2N5O5. The third-order valence-electron chi connectivity index (χ3n) is 8.76. The maximum atomic E-state index is 15.4. The van der Waals surface area contributed by atoms with Crippen LogP contribution in [-0.2, 0) is 16.8 Å². The normalized spacial score (nSPS) is 15.5. The second-order valence-corrected chi connectivity index (χ2v) is 13.1. The molecule has 3 heterocycles. The third kappa shape index (κ3) is 6.73. The van der Waals surface area contributed by atoms with Crippen LogP contribution in [0.3, 0.4) is 0 Å². The van der Waals surface area contributed by atoms with E-state index < -0.39 is 35.6 Å². The van der Waals surface area contributed by atoms with Gasteiger partial charge in [-0.15, -0.1) is 0 Å². The highest BCUT2D eigenvalue weighted by atomic mass is 35.5. The summed E-state index contributed by atoms with van der Waals surface area (Å²) in [6.45, 7) is 1.39. The fourth-order valence-electron chi connectivity index (χ4n) is 5.91. The monoisotopic (exact) mass is 701 g/mol. The molecule has 4 N–H and O–H groups in total. The van der Waals surface area contributed by atoms with Crippen LogP contribution >= 0.6 is 11.6 Å². The van der Waals surface area contributed by atoms with Gasteiger partial charge in [-0.3, -0.25) is 9.59 Å². The van der Waals surface area contributed by atoms with E-state index in [-0.39, 0.29) is 52.4 Å². The largest absolute Gasteiger partial charge is 0.491 e. The third-order valence-corrected chi connectivity index (χ3v) is 9.05. The molecule has 2 aliphatic rings. The topological polar surface area (TPSA) is 141 Å². The molecule has 0 radical (unpaired) electrons. The first-order valence-electron chi connectivity index (χ1n) is 16.4. The van der Waals surface area contributed by atoms with Gasteiger partial charge in [0.1, 0.15) is 34.8 Å². The lowest BCUT2D eigenvalue weighted by Crippen LogP contribution is -2.42. The number of nitrogens with zero attached hydrogens (tertiary/aromatic N) is 3. The first kappa shape index (κ1) is 33.4. The average Bonchev–Trinajstić information content (AvgIpc) is 4.05. The Balaban J connectivity index is 1.31. The highest BCUT2D eigenvalue weighted by Crippen LogP contribution is 2.41. The summed E-state index contributed by atoms with van der Waals surface area (Å²) in [5.74, 6) is -2.35. The van der Waals surface area contributed by atoms with Gasteiger partial charge in [-0.2, -0.15) is 5.10 Å². The molecule has 2 amide bonds. The number of ether oxygens (including phenoxy) is 2. The van der Waals surface area contributed by atoms with Gasteiger partial charge >= 0.3 is 0 Å². The van der Waals surface area contributed by atoms with Crippen molar-refractivity contribution in [2.24, 2.45) is 5.73 Å². The van der Waals surface area contributed by atoms with Crippen molar-refractivity contribution in [1.29, 1.82) is 0 Å². The summed E-state index contributed by atoms with van der Waals surface area (Å²) in [6, 6.07) is 16.9. The molecule has 10 nitrogen and oxygen atoms in total. The summed E-state index contributed by atoms with van der Waals surface area (Å²) in [5, 5.41) is 19.7. The number of rotatable bonds is 13. The molecule has 5 aromatic rings. The minimum absolute atomic E-state index is 0.0129. The van der Waals surface area contributed by atoms with E-state index in [1.807, 2.05) is 6.07 Å². The number of carbonyl (C=O) groups excluding carboxylic acids is 2. The zero-order valence-corrected chi connectivity index (χ0v) is 27.8. The van der Waals surface area contributed by atoms with Crippen LogP contribution in [0.15, 0.2) is 66.7 Å². The predicted octanol–water partition coefficient (Wildman–Crippen LogP) is 5.84. The number of fused-ring (bicyclic) bond motifs is 1. The van der Waals surface area contributed by atoms with Gasteiger partial charge in [-0.25, -0.2) is 18.3 Å². The van der Waals surface area contributed by atoms with E-state index in [0.717, 1.165) is 37.4 Å². The molecule has 1 atom stereocenters. The SMILES string of the molecule is CCOc1c(CC(N)=O)cc([C@@](O)(CNC(=O)c2cc(OC3CC3)n3nc(C4CC4)cc3c2)c2ccccc2)nc1-c1cc(Cl)c(F)cc1F. The van der Waals surface area contributed by atoms with Gasteiger partial charge < -0.3 is 25.6 Å². The fraction of sp³-hybridized carbons (Fsp3) is 0.297. The maximum absolute atomic E-state index is 15.4. The molecule has 0 bridgehead atoms. The molecule has 0 aliphatic heterocycles. The summed E-state index contributed by atoms with van der Waals surface area (Å²) >= 11 is 6.06. The van der Waals surface area contributed by atoms with Crippen LogP contribution in [0.25, 0.3) is 16.8 Å². The number of nitrogens with one attached hydrogen (secondary N) is 1. The van der Waals surface area contributed by atoms with Crippen LogP contribution in [0.4, 0.5) is 8.78 Å². The molecule has 2 aliphatic carbocycles. The Morgan fingerprint density at radius 3 is 2.50 bits per heavy atom. The highest BCUT2D eigenvalue weighted by molar-refractivity contribution is 6.31. The summed E-state index contributed by atoms with van der Waals surface area (Å²) in [6.07, 6.45) is 3.67. The quantitative estimate of drug-likeness (QED) is 0.131. The van der Waals surface area contributed by atoms with Crippen molar-refractivity contribution >= 4 is 28.9 Å². The Morgan fingerprint density at radius 2 is 1.82 bits per heavy atom. The number of halogens is 3. The zero-order valence-electron chi connectivity index (χ0n) is 27.1.